The third-order valence-electron chi connectivity index (χ3n) is 3.82. The average molecular weight is 464 g/mol. The minimum absolute atomic E-state index is 0.0979. The Bertz CT molecular complexity index is 874. The minimum Gasteiger partial charge on any atom is -0.492 e. The van der Waals surface area contributed by atoms with E-state index in [9.17, 15) is 9.59 Å². The number of rotatable bonds is 7. The van der Waals surface area contributed by atoms with E-state index in [1.807, 2.05) is 0 Å². The molecule has 0 aliphatic heterocycles. The van der Waals surface area contributed by atoms with Crippen LogP contribution in [0.2, 0.25) is 0 Å². The molecular formula is C20H22BrN3O3S. The van der Waals surface area contributed by atoms with Crippen LogP contribution in [0.1, 0.15) is 40.5 Å². The van der Waals surface area contributed by atoms with Gasteiger partial charge >= 0.3 is 0 Å². The molecule has 3 N–H and O–H groups in total. The van der Waals surface area contributed by atoms with Crippen LogP contribution in [-0.4, -0.2) is 30.6 Å². The molecular weight excluding hydrogens is 442 g/mol. The summed E-state index contributed by atoms with van der Waals surface area (Å²) >= 11 is 8.64. The summed E-state index contributed by atoms with van der Waals surface area (Å²) in [5.41, 5.74) is 1.37. The molecule has 0 radical (unpaired) electrons. The molecule has 0 spiro atoms. The van der Waals surface area contributed by atoms with Crippen molar-refractivity contribution in [3.05, 3.63) is 58.1 Å². The molecule has 2 rings (SSSR count). The molecule has 2 aromatic rings. The van der Waals surface area contributed by atoms with Gasteiger partial charge in [-0.3, -0.25) is 14.9 Å². The van der Waals surface area contributed by atoms with E-state index in [4.69, 9.17) is 17.0 Å². The minimum atomic E-state index is -0.365. The maximum Gasteiger partial charge on any atom is 0.257 e. The monoisotopic (exact) mass is 463 g/mol. The van der Waals surface area contributed by atoms with E-state index in [-0.39, 0.29) is 16.9 Å². The third-order valence-corrected chi connectivity index (χ3v) is 4.65. The van der Waals surface area contributed by atoms with Gasteiger partial charge in [-0.1, -0.05) is 25.5 Å². The maximum absolute atomic E-state index is 12.5. The fourth-order valence-electron chi connectivity index (χ4n) is 2.34. The van der Waals surface area contributed by atoms with E-state index in [2.05, 4.69) is 38.8 Å². The summed E-state index contributed by atoms with van der Waals surface area (Å²) < 4.78 is 6.36. The predicted molar refractivity (Wildman–Crippen MR) is 118 cm³/mol. The highest BCUT2D eigenvalue weighted by Crippen LogP contribution is 2.26. The van der Waals surface area contributed by atoms with Crippen LogP contribution in [0.4, 0.5) is 5.69 Å². The molecule has 0 fully saturated rings. The summed E-state index contributed by atoms with van der Waals surface area (Å²) in [5, 5.41) is 8.17. The van der Waals surface area contributed by atoms with Crippen LogP contribution in [0.3, 0.4) is 0 Å². The number of ether oxygens (including phenoxy) is 1. The van der Waals surface area contributed by atoms with Gasteiger partial charge in [-0.05, 0) is 64.9 Å². The molecule has 0 aliphatic rings. The number of hydrogen-bond donors (Lipinski definition) is 3. The second kappa shape index (κ2) is 10.8. The lowest BCUT2D eigenvalue weighted by Crippen LogP contribution is -2.34. The summed E-state index contributed by atoms with van der Waals surface area (Å²) in [4.78, 5) is 24.4. The van der Waals surface area contributed by atoms with Crippen LogP contribution in [0.15, 0.2) is 46.9 Å². The standard InChI is InChI=1S/C20H22BrN3O3S/c1-3-4-11-27-17-10-9-13(12-15(17)21)18(25)24-20(28)23-16-8-6-5-7-14(16)19(26)22-2/h5-10,12H,3-4,11H2,1-2H3,(H,22,26)(H2,23,24,25,28). The van der Waals surface area contributed by atoms with Crippen LogP contribution in [0.25, 0.3) is 0 Å². The smallest absolute Gasteiger partial charge is 0.257 e. The topological polar surface area (TPSA) is 79.5 Å². The van der Waals surface area contributed by atoms with Gasteiger partial charge in [0.1, 0.15) is 5.75 Å². The number of para-hydroxylation sites is 1. The molecule has 0 aliphatic carbocycles. The van der Waals surface area contributed by atoms with Gasteiger partial charge in [0.05, 0.1) is 22.3 Å². The van der Waals surface area contributed by atoms with Gasteiger partial charge < -0.3 is 15.4 Å². The van der Waals surface area contributed by atoms with Crippen molar-refractivity contribution in [3.63, 3.8) is 0 Å². The zero-order chi connectivity index (χ0) is 20.5. The van der Waals surface area contributed by atoms with Gasteiger partial charge in [0.25, 0.3) is 11.8 Å². The number of carbonyl (C=O) groups excluding carboxylic acids is 2. The molecule has 0 saturated carbocycles. The molecule has 0 unspecified atom stereocenters. The van der Waals surface area contributed by atoms with Crippen molar-refractivity contribution in [1.29, 1.82) is 0 Å². The lowest BCUT2D eigenvalue weighted by Gasteiger charge is -2.13. The normalized spacial score (nSPS) is 10.1. The van der Waals surface area contributed by atoms with Crippen molar-refractivity contribution in [2.45, 2.75) is 19.8 Å². The number of unbranched alkanes of at least 4 members (excludes halogenated alkanes) is 1. The zero-order valence-corrected chi connectivity index (χ0v) is 18.1. The third kappa shape index (κ3) is 6.03. The molecule has 0 saturated heterocycles. The Morgan fingerprint density at radius 2 is 1.89 bits per heavy atom. The summed E-state index contributed by atoms with van der Waals surface area (Å²) in [5.74, 6) is 0.0701. The molecule has 0 bridgehead atoms. The highest BCUT2D eigenvalue weighted by Gasteiger charge is 2.13. The van der Waals surface area contributed by atoms with Gasteiger partial charge in [-0.2, -0.15) is 0 Å². The Morgan fingerprint density at radius 3 is 2.57 bits per heavy atom. The van der Waals surface area contributed by atoms with E-state index in [1.54, 1.807) is 49.5 Å². The second-order valence-corrected chi connectivity index (χ2v) is 7.14. The number of amides is 2. The number of halogens is 1. The number of anilines is 1. The molecule has 2 aromatic carbocycles. The van der Waals surface area contributed by atoms with E-state index in [1.165, 1.54) is 0 Å². The van der Waals surface area contributed by atoms with Gasteiger partial charge in [-0.15, -0.1) is 0 Å². The zero-order valence-electron chi connectivity index (χ0n) is 15.7. The highest BCUT2D eigenvalue weighted by atomic mass is 79.9. The number of thiocarbonyl (C=S) groups is 1. The van der Waals surface area contributed by atoms with Crippen molar-refractivity contribution in [3.8, 4) is 5.75 Å². The number of nitrogens with one attached hydrogen (secondary N) is 3. The van der Waals surface area contributed by atoms with E-state index < -0.39 is 0 Å². The van der Waals surface area contributed by atoms with Gasteiger partial charge in [0.15, 0.2) is 5.11 Å². The van der Waals surface area contributed by atoms with Gasteiger partial charge in [-0.25, -0.2) is 0 Å². The summed E-state index contributed by atoms with van der Waals surface area (Å²) in [6.07, 6.45) is 2.01. The van der Waals surface area contributed by atoms with E-state index in [0.29, 0.717) is 33.6 Å². The number of carbonyl (C=O) groups is 2. The predicted octanol–water partition coefficient (Wildman–Crippen LogP) is 4.11. The van der Waals surface area contributed by atoms with Crippen molar-refractivity contribution in [1.82, 2.24) is 10.6 Å². The largest absolute Gasteiger partial charge is 0.492 e. The first-order valence-electron chi connectivity index (χ1n) is 8.82. The second-order valence-electron chi connectivity index (χ2n) is 5.88. The fourth-order valence-corrected chi connectivity index (χ4v) is 3.04. The maximum atomic E-state index is 12.5. The van der Waals surface area contributed by atoms with Crippen LogP contribution >= 0.6 is 28.1 Å². The Hall–Kier alpha value is -2.45. The molecule has 2 amide bonds. The fraction of sp³-hybridized carbons (Fsp3) is 0.250. The van der Waals surface area contributed by atoms with Gasteiger partial charge in [0.2, 0.25) is 0 Å². The Labute approximate surface area is 178 Å². The molecule has 0 heterocycles. The number of hydrogen-bond acceptors (Lipinski definition) is 4. The van der Waals surface area contributed by atoms with E-state index >= 15 is 0 Å². The molecule has 8 heteroatoms. The molecule has 0 aromatic heterocycles. The molecule has 6 nitrogen and oxygen atoms in total. The summed E-state index contributed by atoms with van der Waals surface area (Å²) in [7, 11) is 1.55. The van der Waals surface area contributed by atoms with Crippen molar-refractivity contribution < 1.29 is 14.3 Å². The van der Waals surface area contributed by atoms with Crippen LogP contribution in [0, 0.1) is 0 Å². The first kappa shape index (κ1) is 21.8. The first-order valence-corrected chi connectivity index (χ1v) is 10.0. The van der Waals surface area contributed by atoms with Crippen molar-refractivity contribution in [2.24, 2.45) is 0 Å². The summed E-state index contributed by atoms with van der Waals surface area (Å²) in [6.45, 7) is 2.72. The van der Waals surface area contributed by atoms with Crippen molar-refractivity contribution in [2.75, 3.05) is 19.0 Å². The highest BCUT2D eigenvalue weighted by molar-refractivity contribution is 9.10. The lowest BCUT2D eigenvalue weighted by atomic mass is 10.1. The first-order chi connectivity index (χ1) is 13.5. The molecule has 28 heavy (non-hydrogen) atoms. The summed E-state index contributed by atoms with van der Waals surface area (Å²) in [6, 6.07) is 12.0. The van der Waals surface area contributed by atoms with Gasteiger partial charge in [0, 0.05) is 12.6 Å². The van der Waals surface area contributed by atoms with Crippen molar-refractivity contribution >= 4 is 50.8 Å². The quantitative estimate of drug-likeness (QED) is 0.425. The van der Waals surface area contributed by atoms with Crippen LogP contribution < -0.4 is 20.7 Å². The van der Waals surface area contributed by atoms with Crippen LogP contribution in [0.5, 0.6) is 5.75 Å². The molecule has 0 atom stereocenters. The van der Waals surface area contributed by atoms with E-state index in [0.717, 1.165) is 12.8 Å². The van der Waals surface area contributed by atoms with Crippen LogP contribution in [-0.2, 0) is 0 Å². The Kier molecular flexibility index (Phi) is 8.41. The Morgan fingerprint density at radius 1 is 1.14 bits per heavy atom. The number of benzene rings is 2. The molecule has 148 valence electrons. The SMILES string of the molecule is CCCCOc1ccc(C(=O)NC(=S)Nc2ccccc2C(=O)NC)cc1Br. The lowest BCUT2D eigenvalue weighted by molar-refractivity contribution is 0.0961. The average Bonchev–Trinajstić information content (AvgIpc) is 2.69. The Balaban J connectivity index is 2.02.